The molecule has 1 aromatic heterocycles. The van der Waals surface area contributed by atoms with Crippen LogP contribution in [-0.4, -0.2) is 22.2 Å². The van der Waals surface area contributed by atoms with Gasteiger partial charge in [-0.25, -0.2) is 4.79 Å². The smallest absolute Gasteiger partial charge is 0.335 e. The van der Waals surface area contributed by atoms with Gasteiger partial charge in [-0.1, -0.05) is 13.3 Å². The van der Waals surface area contributed by atoms with E-state index in [1.54, 1.807) is 0 Å². The summed E-state index contributed by atoms with van der Waals surface area (Å²) >= 11 is 0. The number of aromatic nitrogens is 1. The Bertz CT molecular complexity index is 644. The van der Waals surface area contributed by atoms with Gasteiger partial charge in [0.15, 0.2) is 0 Å². The van der Waals surface area contributed by atoms with Crippen molar-refractivity contribution in [1.82, 2.24) is 4.57 Å². The molecule has 4 nitrogen and oxygen atoms in total. The van der Waals surface area contributed by atoms with Crippen LogP contribution in [-0.2, 0) is 13.0 Å². The predicted octanol–water partition coefficient (Wildman–Crippen LogP) is 3.34. The highest BCUT2D eigenvalue weighted by Gasteiger charge is 2.14. The van der Waals surface area contributed by atoms with Crippen molar-refractivity contribution in [2.75, 3.05) is 6.54 Å². The van der Waals surface area contributed by atoms with Crippen molar-refractivity contribution in [3.05, 3.63) is 35.0 Å². The Morgan fingerprint density at radius 1 is 1.33 bits per heavy atom. The molecular formula is C17H24N2O2. The average Bonchev–Trinajstić information content (AvgIpc) is 2.78. The minimum atomic E-state index is -0.856. The van der Waals surface area contributed by atoms with Crippen LogP contribution in [0, 0.1) is 6.92 Å². The lowest BCUT2D eigenvalue weighted by molar-refractivity contribution is 0.0696. The number of nitrogens with zero attached hydrogens (tertiary/aromatic N) is 1. The molecule has 0 fully saturated rings. The lowest BCUT2D eigenvalue weighted by atomic mass is 10.0. The first kappa shape index (κ1) is 15.6. The number of benzene rings is 1. The Balaban J connectivity index is 2.54. The molecule has 2 aromatic rings. The van der Waals surface area contributed by atoms with Crippen LogP contribution >= 0.6 is 0 Å². The SMILES string of the molecule is CCCCc1cn(CCCN)c2cc(C)c(C(=O)O)cc12. The molecule has 0 unspecified atom stereocenters. The number of carboxylic acids is 1. The maximum absolute atomic E-state index is 11.3. The molecule has 1 aromatic carbocycles. The highest BCUT2D eigenvalue weighted by atomic mass is 16.4. The summed E-state index contributed by atoms with van der Waals surface area (Å²) in [6, 6.07) is 3.82. The van der Waals surface area contributed by atoms with E-state index in [-0.39, 0.29) is 0 Å². The second-order valence-corrected chi connectivity index (χ2v) is 5.58. The molecule has 0 saturated carbocycles. The highest BCUT2D eigenvalue weighted by molar-refractivity contribution is 5.96. The highest BCUT2D eigenvalue weighted by Crippen LogP contribution is 2.27. The number of fused-ring (bicyclic) bond motifs is 1. The van der Waals surface area contributed by atoms with Gasteiger partial charge in [0, 0.05) is 23.6 Å². The van der Waals surface area contributed by atoms with Crippen molar-refractivity contribution in [3.63, 3.8) is 0 Å². The van der Waals surface area contributed by atoms with Crippen molar-refractivity contribution >= 4 is 16.9 Å². The summed E-state index contributed by atoms with van der Waals surface area (Å²) in [7, 11) is 0. The Morgan fingerprint density at radius 2 is 2.10 bits per heavy atom. The van der Waals surface area contributed by atoms with Crippen LogP contribution in [0.1, 0.15) is 47.7 Å². The van der Waals surface area contributed by atoms with Crippen molar-refractivity contribution in [1.29, 1.82) is 0 Å². The van der Waals surface area contributed by atoms with Gasteiger partial charge in [-0.15, -0.1) is 0 Å². The van der Waals surface area contributed by atoms with Crippen molar-refractivity contribution in [3.8, 4) is 0 Å². The van der Waals surface area contributed by atoms with Gasteiger partial charge in [-0.05, 0) is 56.0 Å². The average molecular weight is 288 g/mol. The minimum Gasteiger partial charge on any atom is -0.478 e. The number of nitrogens with two attached hydrogens (primary N) is 1. The van der Waals surface area contributed by atoms with Crippen molar-refractivity contribution < 1.29 is 9.90 Å². The van der Waals surface area contributed by atoms with Gasteiger partial charge in [0.25, 0.3) is 0 Å². The molecule has 3 N–H and O–H groups in total. The molecule has 4 heteroatoms. The Kier molecular flexibility index (Phi) is 5.02. The predicted molar refractivity (Wildman–Crippen MR) is 85.9 cm³/mol. The summed E-state index contributed by atoms with van der Waals surface area (Å²) in [6.07, 6.45) is 6.34. The number of unbranched alkanes of at least 4 members (excludes halogenated alkanes) is 1. The maximum Gasteiger partial charge on any atom is 0.335 e. The zero-order valence-electron chi connectivity index (χ0n) is 12.9. The Morgan fingerprint density at radius 3 is 2.71 bits per heavy atom. The number of aromatic carboxylic acids is 1. The lowest BCUT2D eigenvalue weighted by Gasteiger charge is -2.06. The summed E-state index contributed by atoms with van der Waals surface area (Å²) in [5.41, 5.74) is 9.18. The van der Waals surface area contributed by atoms with E-state index in [2.05, 4.69) is 17.7 Å². The van der Waals surface area contributed by atoms with Gasteiger partial charge in [0.1, 0.15) is 0 Å². The van der Waals surface area contributed by atoms with Gasteiger partial charge in [-0.3, -0.25) is 0 Å². The van der Waals surface area contributed by atoms with Crippen LogP contribution in [0.4, 0.5) is 0 Å². The second-order valence-electron chi connectivity index (χ2n) is 5.58. The third kappa shape index (κ3) is 3.27. The molecule has 0 aliphatic carbocycles. The van der Waals surface area contributed by atoms with Gasteiger partial charge in [0.2, 0.25) is 0 Å². The standard InChI is InChI=1S/C17H24N2O2/c1-3-4-6-13-11-19(8-5-7-18)16-9-12(2)14(17(20)21)10-15(13)16/h9-11H,3-8,18H2,1-2H3,(H,20,21). The molecule has 0 atom stereocenters. The van der Waals surface area contributed by atoms with Gasteiger partial charge >= 0.3 is 5.97 Å². The second kappa shape index (κ2) is 6.76. The molecule has 0 radical (unpaired) electrons. The van der Waals surface area contributed by atoms with E-state index in [1.807, 2.05) is 19.1 Å². The van der Waals surface area contributed by atoms with Crippen LogP contribution in [0.2, 0.25) is 0 Å². The largest absolute Gasteiger partial charge is 0.478 e. The first-order valence-electron chi connectivity index (χ1n) is 7.64. The fourth-order valence-corrected chi connectivity index (χ4v) is 2.76. The zero-order chi connectivity index (χ0) is 15.4. The molecule has 0 saturated heterocycles. The molecule has 0 aliphatic heterocycles. The van der Waals surface area contributed by atoms with Crippen LogP contribution in [0.5, 0.6) is 0 Å². The normalized spacial score (nSPS) is 11.2. The maximum atomic E-state index is 11.3. The van der Waals surface area contributed by atoms with Gasteiger partial charge in [-0.2, -0.15) is 0 Å². The summed E-state index contributed by atoms with van der Waals surface area (Å²) in [4.78, 5) is 11.3. The number of carboxylic acid groups (broad SMARTS) is 1. The number of hydrogen-bond donors (Lipinski definition) is 2. The molecule has 0 aliphatic rings. The molecule has 2 rings (SSSR count). The summed E-state index contributed by atoms with van der Waals surface area (Å²) in [6.45, 7) is 5.57. The number of rotatable bonds is 7. The number of aryl methyl sites for hydroxylation is 3. The van der Waals surface area contributed by atoms with Crippen LogP contribution in [0.3, 0.4) is 0 Å². The molecule has 114 valence electrons. The third-order valence-electron chi connectivity index (χ3n) is 3.94. The quantitative estimate of drug-likeness (QED) is 0.821. The van der Waals surface area contributed by atoms with Gasteiger partial charge < -0.3 is 15.4 Å². The van der Waals surface area contributed by atoms with E-state index in [0.717, 1.165) is 48.7 Å². The number of carbonyl (C=O) groups is 1. The first-order valence-corrected chi connectivity index (χ1v) is 7.64. The zero-order valence-corrected chi connectivity index (χ0v) is 12.9. The van der Waals surface area contributed by atoms with Gasteiger partial charge in [0.05, 0.1) is 5.56 Å². The molecule has 0 amide bonds. The monoisotopic (exact) mass is 288 g/mol. The first-order chi connectivity index (χ1) is 10.1. The molecule has 0 spiro atoms. The Labute approximate surface area is 125 Å². The topological polar surface area (TPSA) is 68.2 Å². The van der Waals surface area contributed by atoms with Crippen LogP contribution in [0.15, 0.2) is 18.3 Å². The molecule has 1 heterocycles. The molecule has 0 bridgehead atoms. The fraction of sp³-hybridized carbons (Fsp3) is 0.471. The van der Waals surface area contributed by atoms with E-state index < -0.39 is 5.97 Å². The van der Waals surface area contributed by atoms with E-state index in [4.69, 9.17) is 5.73 Å². The molecule has 21 heavy (non-hydrogen) atoms. The fourth-order valence-electron chi connectivity index (χ4n) is 2.76. The summed E-state index contributed by atoms with van der Waals surface area (Å²) in [5.74, 6) is -0.856. The summed E-state index contributed by atoms with van der Waals surface area (Å²) in [5, 5.41) is 10.4. The van der Waals surface area contributed by atoms with E-state index >= 15 is 0 Å². The van der Waals surface area contributed by atoms with E-state index in [0.29, 0.717) is 12.1 Å². The van der Waals surface area contributed by atoms with Crippen molar-refractivity contribution in [2.24, 2.45) is 5.73 Å². The van der Waals surface area contributed by atoms with E-state index in [9.17, 15) is 9.90 Å². The summed E-state index contributed by atoms with van der Waals surface area (Å²) < 4.78 is 2.21. The van der Waals surface area contributed by atoms with E-state index in [1.165, 1.54) is 5.56 Å². The lowest BCUT2D eigenvalue weighted by Crippen LogP contribution is -2.05. The van der Waals surface area contributed by atoms with Crippen molar-refractivity contribution in [2.45, 2.75) is 46.1 Å². The minimum absolute atomic E-state index is 0.400. The van der Waals surface area contributed by atoms with Crippen LogP contribution in [0.25, 0.3) is 10.9 Å². The van der Waals surface area contributed by atoms with Crippen LogP contribution < -0.4 is 5.73 Å². The number of hydrogen-bond acceptors (Lipinski definition) is 2. The molecular weight excluding hydrogens is 264 g/mol. The third-order valence-corrected chi connectivity index (χ3v) is 3.94. The Hall–Kier alpha value is -1.81.